The van der Waals surface area contributed by atoms with E-state index in [1.54, 1.807) is 28.4 Å². The Morgan fingerprint density at radius 2 is 0.947 bits per heavy atom. The van der Waals surface area contributed by atoms with Gasteiger partial charge >= 0.3 is 6.72 Å². The summed E-state index contributed by atoms with van der Waals surface area (Å²) in [4.78, 5) is 29.8. The molecular formula is C66H123BI4N4O15SSi3. The van der Waals surface area contributed by atoms with E-state index in [-0.39, 0.29) is 75.8 Å². The Labute approximate surface area is 633 Å². The number of aliphatic imine (C=N–C) groups is 4. The van der Waals surface area contributed by atoms with E-state index >= 15 is 0 Å². The lowest BCUT2D eigenvalue weighted by Gasteiger charge is -2.42. The number of rotatable bonds is 25. The maximum Gasteiger partial charge on any atom is 0.339 e. The first-order valence-electron chi connectivity index (χ1n) is 32.9. The van der Waals surface area contributed by atoms with Gasteiger partial charge in [0.25, 0.3) is 0 Å². The van der Waals surface area contributed by atoms with Crippen LogP contribution in [0.3, 0.4) is 0 Å². The van der Waals surface area contributed by atoms with Crippen LogP contribution >= 0.6 is 103 Å². The standard InChI is InChI=1S/C20H38BIN2O4SSi.C20H37IN2O4Si.C11H21IO2Si.C8H13IO2.C7H14O3/c1-13(2)15-18(25-6)24-16(19(23-15)26-7)17(27-21-29)14(11-10-12-22)28-30(8,9)20(3,4)5;1-13(2)15-18(25-6)23-16(19(22-15)26-7)17(24)14(11-10-12-21)27-28(8,9)20(3,4)5;1-11(2,3)15(4,5)14-10(9-13)7-6-8-12;1-8(2)10-6-7(11-8)4-3-5-9;1-7(2)9-5-6(10-7)3-4-8/h10,12-17,21,29H,11H2,1-9H3;10,12-17,24H,11H2,1-9H3;6,8-10H,7H2,1-5H3;3,5,7H,4,6H2,1-2H3;6,8H,3-5H2,1-2H3/b2*12-10+;8-6+;5-3+;/t14-,15-,16+,17+;14-,15-,16+,17?;10-;7-;6-/m11111/s1/i21T;;;;. The average Bonchev–Trinajstić information content (AvgIpc) is 1.40. The maximum atomic E-state index is 11.3. The third kappa shape index (κ3) is 33.0. The van der Waals surface area contributed by atoms with Crippen LogP contribution in [0.2, 0.25) is 54.4 Å². The van der Waals surface area contributed by atoms with E-state index in [0.717, 1.165) is 12.7 Å². The van der Waals surface area contributed by atoms with Crippen molar-refractivity contribution in [2.75, 3.05) is 48.3 Å². The van der Waals surface area contributed by atoms with Gasteiger partial charge in [-0.25, -0.2) is 20.0 Å². The third-order valence-electron chi connectivity index (χ3n) is 17.1. The van der Waals surface area contributed by atoms with E-state index < -0.39 is 67.9 Å². The SMILES string of the molecule is CC(C)(C)[Si](C)(C)O[C@@H](C=O)C/C=C/I.CC1(C)OC[C@@H](C/C=C/I)O1.CC1(C)OC[C@@H](CCO)O1.COC1=N[C@H](C(C)C)C(OC)=N[C@H]1C(O)[C@@H](C/C=C/I)O[Si](C)(C)C(C)(C)C.[3H]B(S)O[C@H]([C@@H]1N=C(OC)[C@@H](C(C)C)N=C1OC)[C@@H](C/C=C/I)O[Si](C)(C)C(C)(C)C. The first-order chi connectivity index (χ1) is 43.7. The van der Waals surface area contributed by atoms with Gasteiger partial charge in [-0.3, -0.25) is 0 Å². The zero-order chi connectivity index (χ0) is 73.7. The molecule has 0 aliphatic carbocycles. The molecule has 1 unspecified atom stereocenters. The normalized spacial score (nSPS) is 23.6. The quantitative estimate of drug-likeness (QED) is 0.0335. The van der Waals surface area contributed by atoms with Crippen LogP contribution in [0.25, 0.3) is 0 Å². The number of aliphatic hydroxyl groups excluding tert-OH is 2. The predicted octanol–water partition coefficient (Wildman–Crippen LogP) is 16.3. The highest BCUT2D eigenvalue weighted by Gasteiger charge is 2.47. The van der Waals surface area contributed by atoms with Crippen molar-refractivity contribution < 1.29 is 70.8 Å². The molecule has 94 heavy (non-hydrogen) atoms. The van der Waals surface area contributed by atoms with E-state index in [9.17, 15) is 9.90 Å². The van der Waals surface area contributed by atoms with Crippen LogP contribution in [-0.4, -0.2) is 200 Å². The fraction of sp³-hybridized carbons (Fsp3) is 0.803. The Hall–Kier alpha value is 0.0956. The second-order valence-electron chi connectivity index (χ2n) is 29.3. The predicted molar refractivity (Wildman–Crippen MR) is 435 cm³/mol. The summed E-state index contributed by atoms with van der Waals surface area (Å²) in [5, 5.41) is 20.0. The van der Waals surface area contributed by atoms with Crippen LogP contribution in [0.4, 0.5) is 0 Å². The Morgan fingerprint density at radius 3 is 1.30 bits per heavy atom. The van der Waals surface area contributed by atoms with Crippen molar-refractivity contribution >= 4 is 164 Å². The molecule has 28 heteroatoms. The molecule has 0 aromatic rings. The van der Waals surface area contributed by atoms with Crippen LogP contribution in [-0.2, 0) is 60.6 Å². The summed E-state index contributed by atoms with van der Waals surface area (Å²) in [6, 6.07) is -1.68. The molecule has 0 aromatic heterocycles. The van der Waals surface area contributed by atoms with Crippen molar-refractivity contribution in [3.8, 4) is 0 Å². The monoisotopic (exact) mass is 1850 g/mol. The Kier molecular flexibility index (Phi) is 43.7. The molecule has 19 nitrogen and oxygen atoms in total. The summed E-state index contributed by atoms with van der Waals surface area (Å²) in [7, 11) is 0.298. The fourth-order valence-corrected chi connectivity index (χ4v) is 14.0. The average molecular weight is 1850 g/mol. The molecule has 546 valence electrons. The molecule has 0 aromatic carbocycles. The number of ether oxygens (including phenoxy) is 8. The molecule has 2 N–H and O–H groups in total. The van der Waals surface area contributed by atoms with Crippen LogP contribution in [0.5, 0.6) is 0 Å². The van der Waals surface area contributed by atoms with Gasteiger partial charge in [0.1, 0.15) is 30.6 Å². The summed E-state index contributed by atoms with van der Waals surface area (Å²) in [5.41, 5.74) is 0. The van der Waals surface area contributed by atoms with Gasteiger partial charge in [0.15, 0.2) is 48.6 Å². The van der Waals surface area contributed by atoms with E-state index in [0.29, 0.717) is 62.5 Å². The second-order valence-corrected chi connectivity index (χ2v) is 46.7. The summed E-state index contributed by atoms with van der Waals surface area (Å²) in [6.45, 7) is 49.1. The van der Waals surface area contributed by atoms with Crippen molar-refractivity contribution in [1.82, 2.24) is 0 Å². The summed E-state index contributed by atoms with van der Waals surface area (Å²) in [6.07, 6.45) is 10.3. The molecule has 11 atom stereocenters. The third-order valence-corrected chi connectivity index (χ3v) is 32.8. The number of nitrogens with zero attached hydrogens (tertiary/aromatic N) is 4. The number of halogens is 4. The van der Waals surface area contributed by atoms with E-state index in [2.05, 4.69) is 248 Å². The van der Waals surface area contributed by atoms with Gasteiger partial charge in [-0.2, -0.15) is 12.5 Å². The van der Waals surface area contributed by atoms with Crippen molar-refractivity contribution in [3.63, 3.8) is 0 Å². The smallest absolute Gasteiger partial charge is 0.339 e. The highest BCUT2D eigenvalue weighted by Crippen LogP contribution is 2.41. The number of aliphatic hydroxyl groups is 2. The summed E-state index contributed by atoms with van der Waals surface area (Å²) in [5.74, 6) is 1.53. The molecule has 4 aliphatic rings. The van der Waals surface area contributed by atoms with Gasteiger partial charge in [0, 0.05) is 7.94 Å². The van der Waals surface area contributed by atoms with Crippen molar-refractivity contribution in [2.45, 2.75) is 283 Å². The van der Waals surface area contributed by atoms with Gasteiger partial charge < -0.3 is 70.8 Å². The van der Waals surface area contributed by atoms with Crippen LogP contribution in [0, 0.1) is 11.8 Å². The lowest BCUT2D eigenvalue weighted by atomic mass is 9.98. The van der Waals surface area contributed by atoms with E-state index in [1.807, 2.05) is 62.3 Å². The van der Waals surface area contributed by atoms with Crippen LogP contribution in [0.1, 0.15) is 150 Å². The van der Waals surface area contributed by atoms with Crippen LogP contribution < -0.4 is 0 Å². The first-order valence-corrected chi connectivity index (χ1v) is 46.6. The molecular weight excluding hydrogens is 1720 g/mol. The molecule has 0 spiro atoms. The lowest BCUT2D eigenvalue weighted by Crippen LogP contribution is -2.53. The van der Waals surface area contributed by atoms with Gasteiger partial charge in [-0.05, 0) is 142 Å². The fourth-order valence-electron chi connectivity index (χ4n) is 8.70. The zero-order valence-electron chi connectivity index (χ0n) is 62.9. The van der Waals surface area contributed by atoms with Gasteiger partial charge in [0.05, 0.1) is 72.2 Å². The molecule has 0 amide bonds. The first kappa shape index (κ1) is 92.1. The van der Waals surface area contributed by atoms with E-state index in [4.69, 9.17) is 72.3 Å². The van der Waals surface area contributed by atoms with Crippen molar-refractivity contribution in [3.05, 3.63) is 40.6 Å². The van der Waals surface area contributed by atoms with Gasteiger partial charge in [0.2, 0.25) is 23.6 Å². The minimum absolute atomic E-state index is 0.0135. The van der Waals surface area contributed by atoms with E-state index in [1.165, 1.54) is 0 Å². The molecule has 0 radical (unpaired) electrons. The maximum absolute atomic E-state index is 11.3. The molecule has 0 bridgehead atoms. The number of thiol groups is 1. The van der Waals surface area contributed by atoms with Gasteiger partial charge in [-0.15, -0.1) is 0 Å². The summed E-state index contributed by atoms with van der Waals surface area (Å²) >= 11 is 12.9. The minimum atomic E-state index is -2.15. The topological polar surface area (TPSA) is 218 Å². The number of hydrogen-bond acceptors (Lipinski definition) is 20. The Balaban J connectivity index is 0.00000125. The molecule has 2 fully saturated rings. The van der Waals surface area contributed by atoms with Gasteiger partial charge in [-0.1, -0.05) is 205 Å². The Morgan fingerprint density at radius 1 is 0.596 bits per heavy atom. The highest BCUT2D eigenvalue weighted by atomic mass is 127. The number of methoxy groups -OCH3 is 4. The largest absolute Gasteiger partial charge is 0.483 e. The Bertz CT molecular complexity index is 2480. The number of carbonyl (C=O) groups is 1. The lowest BCUT2D eigenvalue weighted by molar-refractivity contribution is -0.139. The summed E-state index contributed by atoms with van der Waals surface area (Å²) < 4.78 is 85.0. The molecule has 4 heterocycles. The van der Waals surface area contributed by atoms with Crippen molar-refractivity contribution in [1.29, 1.82) is 1.34 Å². The van der Waals surface area contributed by atoms with Crippen molar-refractivity contribution in [2.24, 2.45) is 31.8 Å². The number of carbonyl (C=O) groups excluding carboxylic acids is 1. The highest BCUT2D eigenvalue weighted by molar-refractivity contribution is 14.1. The number of aldehydes is 1. The second kappa shape index (κ2) is 44.6. The zero-order valence-corrected chi connectivity index (χ0v) is 74.4. The number of hydrogen-bond donors (Lipinski definition) is 3. The van der Waals surface area contributed by atoms with Crippen LogP contribution in [0.15, 0.2) is 60.6 Å². The molecule has 2 saturated heterocycles. The molecule has 4 rings (SSSR count). The minimum Gasteiger partial charge on any atom is -0.483 e. The molecule has 4 aliphatic heterocycles. The molecule has 0 saturated carbocycles.